The molecule has 3 heterocycles. The summed E-state index contributed by atoms with van der Waals surface area (Å²) in [6.07, 6.45) is 3.51. The second-order valence-corrected chi connectivity index (χ2v) is 11.3. The van der Waals surface area contributed by atoms with Crippen LogP contribution in [0.15, 0.2) is 170 Å². The third-order valence-corrected chi connectivity index (χ3v) is 8.05. The van der Waals surface area contributed by atoms with E-state index in [1.165, 1.54) is 0 Å². The van der Waals surface area contributed by atoms with Crippen LogP contribution in [0.4, 0.5) is 0 Å². The van der Waals surface area contributed by atoms with Crippen molar-refractivity contribution in [3.8, 4) is 79.2 Å². The van der Waals surface area contributed by atoms with E-state index in [0.29, 0.717) is 23.3 Å². The van der Waals surface area contributed by atoms with Crippen molar-refractivity contribution in [2.45, 2.75) is 0 Å². The molecule has 0 spiro atoms. The second-order valence-electron chi connectivity index (χ2n) is 11.3. The number of benzene rings is 5. The van der Waals surface area contributed by atoms with Crippen molar-refractivity contribution < 1.29 is 0 Å². The molecule has 6 heteroatoms. The Balaban J connectivity index is 1.23. The van der Waals surface area contributed by atoms with Crippen molar-refractivity contribution in [2.24, 2.45) is 0 Å². The molecule has 48 heavy (non-hydrogen) atoms. The van der Waals surface area contributed by atoms with Crippen LogP contribution < -0.4 is 0 Å². The van der Waals surface area contributed by atoms with Gasteiger partial charge in [0.25, 0.3) is 0 Å². The van der Waals surface area contributed by atoms with Crippen molar-refractivity contribution in [2.75, 3.05) is 0 Å². The van der Waals surface area contributed by atoms with Crippen LogP contribution in [-0.2, 0) is 0 Å². The molecule has 6 nitrogen and oxygen atoms in total. The summed E-state index contributed by atoms with van der Waals surface area (Å²) in [7, 11) is 0. The quantitative estimate of drug-likeness (QED) is 0.177. The predicted octanol–water partition coefficient (Wildman–Crippen LogP) is 9.73. The molecule has 0 saturated heterocycles. The summed E-state index contributed by atoms with van der Waals surface area (Å²) in [5.74, 6) is 2.41. The molecule has 0 unspecified atom stereocenters. The van der Waals surface area contributed by atoms with Gasteiger partial charge >= 0.3 is 0 Å². The number of aromatic nitrogens is 6. The average Bonchev–Trinajstić information content (AvgIpc) is 3.19. The first-order chi connectivity index (χ1) is 23.8. The minimum atomic E-state index is 0.570. The predicted molar refractivity (Wildman–Crippen MR) is 191 cm³/mol. The Bertz CT molecular complexity index is 2250. The van der Waals surface area contributed by atoms with E-state index in [1.54, 1.807) is 12.4 Å². The Morgan fingerprint density at radius 3 is 1.21 bits per heavy atom. The Hall–Kier alpha value is -6.66. The van der Waals surface area contributed by atoms with Crippen LogP contribution in [0.2, 0.25) is 0 Å². The molecule has 0 aliphatic rings. The third kappa shape index (κ3) is 6.10. The van der Waals surface area contributed by atoms with Crippen LogP contribution in [0.1, 0.15) is 0 Å². The summed E-state index contributed by atoms with van der Waals surface area (Å²) >= 11 is 0. The lowest BCUT2D eigenvalue weighted by molar-refractivity contribution is 1.07. The summed E-state index contributed by atoms with van der Waals surface area (Å²) in [5.41, 5.74) is 9.57. The van der Waals surface area contributed by atoms with E-state index in [4.69, 9.17) is 19.9 Å². The fourth-order valence-corrected chi connectivity index (χ4v) is 5.64. The fourth-order valence-electron chi connectivity index (χ4n) is 5.64. The van der Waals surface area contributed by atoms with Crippen molar-refractivity contribution in [3.05, 3.63) is 170 Å². The van der Waals surface area contributed by atoms with E-state index in [1.807, 2.05) is 103 Å². The van der Waals surface area contributed by atoms with Gasteiger partial charge in [-0.3, -0.25) is 0 Å². The van der Waals surface area contributed by atoms with Gasteiger partial charge in [-0.05, 0) is 47.5 Å². The van der Waals surface area contributed by atoms with Gasteiger partial charge in [-0.1, -0.05) is 121 Å². The Kier molecular flexibility index (Phi) is 7.79. The van der Waals surface area contributed by atoms with Gasteiger partial charge in [0.15, 0.2) is 23.3 Å². The fraction of sp³-hybridized carbons (Fsp3) is 0. The maximum atomic E-state index is 4.98. The highest BCUT2D eigenvalue weighted by atomic mass is 15.0. The van der Waals surface area contributed by atoms with Crippen molar-refractivity contribution in [3.63, 3.8) is 0 Å². The zero-order valence-corrected chi connectivity index (χ0v) is 25.8. The average molecular weight is 617 g/mol. The lowest BCUT2D eigenvalue weighted by Gasteiger charge is -2.12. The highest BCUT2D eigenvalue weighted by Crippen LogP contribution is 2.33. The molecule has 0 radical (unpaired) electrons. The maximum absolute atomic E-state index is 4.98. The van der Waals surface area contributed by atoms with Crippen LogP contribution in [0.25, 0.3) is 79.2 Å². The van der Waals surface area contributed by atoms with Crippen LogP contribution >= 0.6 is 0 Å². The lowest BCUT2D eigenvalue weighted by atomic mass is 9.97. The number of nitrogens with zero attached hydrogens (tertiary/aromatic N) is 6. The molecule has 8 rings (SSSR count). The third-order valence-electron chi connectivity index (χ3n) is 8.05. The minimum Gasteiger partial charge on any atom is -0.248 e. The van der Waals surface area contributed by atoms with E-state index in [-0.39, 0.29) is 0 Å². The molecule has 0 amide bonds. The molecule has 0 atom stereocenters. The van der Waals surface area contributed by atoms with E-state index in [2.05, 4.69) is 64.6 Å². The molecule has 0 aliphatic heterocycles. The monoisotopic (exact) mass is 616 g/mol. The molecule has 3 aromatic heterocycles. The summed E-state index contributed by atoms with van der Waals surface area (Å²) in [6, 6.07) is 52.9. The molecular weight excluding hydrogens is 589 g/mol. The van der Waals surface area contributed by atoms with Gasteiger partial charge in [-0.15, -0.1) is 0 Å². The van der Waals surface area contributed by atoms with Crippen LogP contribution in [-0.4, -0.2) is 29.9 Å². The second kappa shape index (κ2) is 13.0. The first kappa shape index (κ1) is 28.8. The SMILES string of the molecule is c1ccc(-c2cccc(-c3ccc(-c4cc(-c5ncccn5)cc(-c5nc(-c6ccccc6)nc(-c6ccccc6)n5)c4)cc3)n2)cc1. The first-order valence-corrected chi connectivity index (χ1v) is 15.7. The Morgan fingerprint density at radius 1 is 0.250 bits per heavy atom. The van der Waals surface area contributed by atoms with Gasteiger partial charge in [0.05, 0.1) is 11.4 Å². The van der Waals surface area contributed by atoms with Crippen molar-refractivity contribution in [1.82, 2.24) is 29.9 Å². The van der Waals surface area contributed by atoms with Crippen LogP contribution in [0.3, 0.4) is 0 Å². The zero-order valence-electron chi connectivity index (χ0n) is 25.8. The first-order valence-electron chi connectivity index (χ1n) is 15.7. The molecule has 0 bridgehead atoms. The molecular formula is C42H28N6. The zero-order chi connectivity index (χ0) is 32.1. The highest BCUT2D eigenvalue weighted by molar-refractivity contribution is 5.79. The molecule has 0 aliphatic carbocycles. The summed E-state index contributed by atoms with van der Waals surface area (Å²) in [5, 5.41) is 0. The summed E-state index contributed by atoms with van der Waals surface area (Å²) < 4.78 is 0. The van der Waals surface area contributed by atoms with E-state index < -0.39 is 0 Å². The molecule has 8 aromatic rings. The molecule has 226 valence electrons. The van der Waals surface area contributed by atoms with E-state index >= 15 is 0 Å². The lowest BCUT2D eigenvalue weighted by Crippen LogP contribution is -2.00. The van der Waals surface area contributed by atoms with Gasteiger partial charge in [0, 0.05) is 45.8 Å². The Morgan fingerprint density at radius 2 is 0.667 bits per heavy atom. The van der Waals surface area contributed by atoms with Crippen molar-refractivity contribution >= 4 is 0 Å². The van der Waals surface area contributed by atoms with Crippen LogP contribution in [0, 0.1) is 0 Å². The van der Waals surface area contributed by atoms with Gasteiger partial charge in [-0.25, -0.2) is 29.9 Å². The maximum Gasteiger partial charge on any atom is 0.164 e. The number of hydrogen-bond donors (Lipinski definition) is 0. The molecule has 0 fully saturated rings. The van der Waals surface area contributed by atoms with E-state index in [0.717, 1.165) is 55.9 Å². The highest BCUT2D eigenvalue weighted by Gasteiger charge is 2.15. The Labute approximate surface area is 278 Å². The summed E-state index contributed by atoms with van der Waals surface area (Å²) in [6.45, 7) is 0. The smallest absolute Gasteiger partial charge is 0.164 e. The van der Waals surface area contributed by atoms with Gasteiger partial charge in [0.2, 0.25) is 0 Å². The number of rotatable bonds is 7. The van der Waals surface area contributed by atoms with E-state index in [9.17, 15) is 0 Å². The van der Waals surface area contributed by atoms with Gasteiger partial charge in [-0.2, -0.15) is 0 Å². The van der Waals surface area contributed by atoms with Gasteiger partial charge in [0.1, 0.15) is 0 Å². The minimum absolute atomic E-state index is 0.570. The number of hydrogen-bond acceptors (Lipinski definition) is 6. The standard InChI is InChI=1S/C42H28N6/c1-4-12-30(13-5-1)37-18-10-19-38(45-37)31-22-20-29(21-23-31)34-26-35(39-43-24-11-25-44-39)28-36(27-34)42-47-40(32-14-6-2-7-15-32)46-41(48-42)33-16-8-3-9-17-33/h1-28H. The van der Waals surface area contributed by atoms with Crippen LogP contribution in [0.5, 0.6) is 0 Å². The molecule has 5 aromatic carbocycles. The molecule has 0 N–H and O–H groups in total. The topological polar surface area (TPSA) is 77.3 Å². The summed E-state index contributed by atoms with van der Waals surface area (Å²) in [4.78, 5) is 28.9. The number of pyridine rings is 1. The van der Waals surface area contributed by atoms with Gasteiger partial charge < -0.3 is 0 Å². The van der Waals surface area contributed by atoms with Crippen molar-refractivity contribution in [1.29, 1.82) is 0 Å². The largest absolute Gasteiger partial charge is 0.248 e. The normalized spacial score (nSPS) is 10.9. The molecule has 0 saturated carbocycles.